The van der Waals surface area contributed by atoms with Crippen LogP contribution in [0.25, 0.3) is 0 Å². The van der Waals surface area contributed by atoms with Crippen LogP contribution in [0.4, 0.5) is 9.18 Å². The summed E-state index contributed by atoms with van der Waals surface area (Å²) in [5.74, 6) is -0.884. The van der Waals surface area contributed by atoms with E-state index in [-0.39, 0.29) is 23.8 Å². The van der Waals surface area contributed by atoms with E-state index in [4.69, 9.17) is 4.74 Å². The van der Waals surface area contributed by atoms with E-state index in [0.717, 1.165) is 0 Å². The Bertz CT molecular complexity index is 508. The van der Waals surface area contributed by atoms with E-state index in [1.807, 2.05) is 6.92 Å². The molecule has 1 amide bonds. The SMILES string of the molecule is CCC(CC(=O)c1ccccc1F)NC(=O)OC(C)(C)C. The number of amides is 1. The number of rotatable bonds is 5. The lowest BCUT2D eigenvalue weighted by molar-refractivity contribution is 0.0500. The Hall–Kier alpha value is -1.91. The molecule has 0 saturated carbocycles. The molecule has 1 aromatic rings. The van der Waals surface area contributed by atoms with Gasteiger partial charge in [-0.3, -0.25) is 4.79 Å². The van der Waals surface area contributed by atoms with Gasteiger partial charge >= 0.3 is 6.09 Å². The van der Waals surface area contributed by atoms with Crippen LogP contribution in [-0.2, 0) is 4.74 Å². The number of halogens is 1. The predicted molar refractivity (Wildman–Crippen MR) is 78.8 cm³/mol. The standard InChI is InChI=1S/C16H22FNO3/c1-5-11(18-15(20)21-16(2,3)4)10-14(19)12-8-6-7-9-13(12)17/h6-9,11H,5,10H2,1-4H3,(H,18,20). The van der Waals surface area contributed by atoms with Crippen LogP contribution in [0.15, 0.2) is 24.3 Å². The number of ketones is 1. The molecule has 0 aliphatic heterocycles. The lowest BCUT2D eigenvalue weighted by atomic mass is 10.0. The summed E-state index contributed by atoms with van der Waals surface area (Å²) < 4.78 is 18.7. The van der Waals surface area contributed by atoms with Crippen LogP contribution in [0.5, 0.6) is 0 Å². The zero-order valence-electron chi connectivity index (χ0n) is 12.9. The second-order valence-corrected chi connectivity index (χ2v) is 5.86. The van der Waals surface area contributed by atoms with Crippen molar-refractivity contribution < 1.29 is 18.7 Å². The number of nitrogens with one attached hydrogen (secondary N) is 1. The van der Waals surface area contributed by atoms with E-state index in [1.54, 1.807) is 26.8 Å². The summed E-state index contributed by atoms with van der Waals surface area (Å²) in [6.45, 7) is 7.13. The van der Waals surface area contributed by atoms with Gasteiger partial charge in [-0.15, -0.1) is 0 Å². The maximum absolute atomic E-state index is 13.5. The molecule has 21 heavy (non-hydrogen) atoms. The quantitative estimate of drug-likeness (QED) is 0.843. The lowest BCUT2D eigenvalue weighted by Crippen LogP contribution is -2.40. The number of hydrogen-bond donors (Lipinski definition) is 1. The summed E-state index contributed by atoms with van der Waals surface area (Å²) in [6.07, 6.45) is 0.0199. The van der Waals surface area contributed by atoms with E-state index in [1.165, 1.54) is 18.2 Å². The van der Waals surface area contributed by atoms with Gasteiger partial charge in [-0.25, -0.2) is 9.18 Å². The fourth-order valence-electron chi connectivity index (χ4n) is 1.79. The third kappa shape index (κ3) is 5.94. The molecule has 0 saturated heterocycles. The average molecular weight is 295 g/mol. The molecular formula is C16H22FNO3. The number of benzene rings is 1. The molecule has 1 atom stereocenters. The van der Waals surface area contributed by atoms with Crippen LogP contribution in [-0.4, -0.2) is 23.5 Å². The highest BCUT2D eigenvalue weighted by Gasteiger charge is 2.21. The number of carbonyl (C=O) groups excluding carboxylic acids is 2. The number of Topliss-reactive ketones (excluding diaryl/α,β-unsaturated/α-hetero) is 1. The predicted octanol–water partition coefficient (Wildman–Crippen LogP) is 3.70. The largest absolute Gasteiger partial charge is 0.444 e. The third-order valence-corrected chi connectivity index (χ3v) is 2.82. The van der Waals surface area contributed by atoms with Crippen molar-refractivity contribution in [2.24, 2.45) is 0 Å². The van der Waals surface area contributed by atoms with Crippen molar-refractivity contribution in [2.75, 3.05) is 0 Å². The molecule has 0 spiro atoms. The van der Waals surface area contributed by atoms with Crippen molar-refractivity contribution in [3.05, 3.63) is 35.6 Å². The van der Waals surface area contributed by atoms with Crippen molar-refractivity contribution in [1.82, 2.24) is 5.32 Å². The monoisotopic (exact) mass is 295 g/mol. The van der Waals surface area contributed by atoms with Crippen molar-refractivity contribution in [3.63, 3.8) is 0 Å². The van der Waals surface area contributed by atoms with Gasteiger partial charge in [0.2, 0.25) is 0 Å². The van der Waals surface area contributed by atoms with Gasteiger partial charge in [-0.2, -0.15) is 0 Å². The Kier molecular flexibility index (Phi) is 5.88. The van der Waals surface area contributed by atoms with E-state index < -0.39 is 17.5 Å². The second kappa shape index (κ2) is 7.20. The minimum absolute atomic E-state index is 0.0384. The van der Waals surface area contributed by atoms with Crippen molar-refractivity contribution in [3.8, 4) is 0 Å². The summed E-state index contributed by atoms with van der Waals surface area (Å²) in [5.41, 5.74) is -0.556. The zero-order chi connectivity index (χ0) is 16.0. The lowest BCUT2D eigenvalue weighted by Gasteiger charge is -2.22. The molecule has 0 fully saturated rings. The molecule has 0 heterocycles. The summed E-state index contributed by atoms with van der Waals surface area (Å²) >= 11 is 0. The normalized spacial score (nSPS) is 12.6. The molecule has 0 radical (unpaired) electrons. The second-order valence-electron chi connectivity index (χ2n) is 5.86. The Labute approximate surface area is 124 Å². The number of hydrogen-bond acceptors (Lipinski definition) is 3. The molecule has 1 rings (SSSR count). The smallest absolute Gasteiger partial charge is 0.407 e. The fourth-order valence-corrected chi connectivity index (χ4v) is 1.79. The Morgan fingerprint density at radius 1 is 1.29 bits per heavy atom. The Morgan fingerprint density at radius 2 is 1.90 bits per heavy atom. The van der Waals surface area contributed by atoms with Gasteiger partial charge in [-0.1, -0.05) is 19.1 Å². The molecule has 0 aliphatic rings. The molecule has 1 aromatic carbocycles. The van der Waals surface area contributed by atoms with Crippen molar-refractivity contribution >= 4 is 11.9 Å². The number of ether oxygens (including phenoxy) is 1. The first kappa shape index (κ1) is 17.1. The van der Waals surface area contributed by atoms with Crippen molar-refractivity contribution in [1.29, 1.82) is 0 Å². The van der Waals surface area contributed by atoms with Crippen LogP contribution in [0.2, 0.25) is 0 Å². The summed E-state index contributed by atoms with van der Waals surface area (Å²) in [5, 5.41) is 2.64. The number of alkyl carbamates (subject to hydrolysis) is 1. The minimum atomic E-state index is -0.599. The highest BCUT2D eigenvalue weighted by molar-refractivity contribution is 5.96. The van der Waals surface area contributed by atoms with E-state index in [9.17, 15) is 14.0 Å². The highest BCUT2D eigenvalue weighted by atomic mass is 19.1. The van der Waals surface area contributed by atoms with Gasteiger partial charge < -0.3 is 10.1 Å². The van der Waals surface area contributed by atoms with Gasteiger partial charge in [0.05, 0.1) is 5.56 Å². The molecule has 1 unspecified atom stereocenters. The molecule has 0 aliphatic carbocycles. The molecule has 5 heteroatoms. The average Bonchev–Trinajstić information content (AvgIpc) is 2.36. The first-order valence-electron chi connectivity index (χ1n) is 7.00. The number of carbonyl (C=O) groups is 2. The topological polar surface area (TPSA) is 55.4 Å². The van der Waals surface area contributed by atoms with E-state index >= 15 is 0 Å². The first-order chi connectivity index (χ1) is 9.73. The third-order valence-electron chi connectivity index (χ3n) is 2.82. The molecule has 0 aromatic heterocycles. The molecule has 116 valence electrons. The van der Waals surface area contributed by atoms with E-state index in [2.05, 4.69) is 5.32 Å². The van der Waals surface area contributed by atoms with Crippen molar-refractivity contribution in [2.45, 2.75) is 52.2 Å². The van der Waals surface area contributed by atoms with Gasteiger partial charge in [-0.05, 0) is 39.3 Å². The molecule has 4 nitrogen and oxygen atoms in total. The Morgan fingerprint density at radius 3 is 2.43 bits per heavy atom. The van der Waals surface area contributed by atoms with Gasteiger partial charge in [0.15, 0.2) is 5.78 Å². The van der Waals surface area contributed by atoms with Gasteiger partial charge in [0.25, 0.3) is 0 Å². The molecule has 1 N–H and O–H groups in total. The first-order valence-corrected chi connectivity index (χ1v) is 7.00. The molecule has 0 bridgehead atoms. The minimum Gasteiger partial charge on any atom is -0.444 e. The van der Waals surface area contributed by atoms with Crippen LogP contribution in [0, 0.1) is 5.82 Å². The summed E-state index contributed by atoms with van der Waals surface area (Å²) in [6, 6.07) is 5.45. The van der Waals surface area contributed by atoms with Crippen LogP contribution >= 0.6 is 0 Å². The van der Waals surface area contributed by atoms with Crippen LogP contribution < -0.4 is 5.32 Å². The highest BCUT2D eigenvalue weighted by Crippen LogP contribution is 2.13. The Balaban J connectivity index is 2.64. The zero-order valence-corrected chi connectivity index (χ0v) is 12.9. The van der Waals surface area contributed by atoms with Crippen LogP contribution in [0.1, 0.15) is 50.9 Å². The maximum Gasteiger partial charge on any atom is 0.407 e. The van der Waals surface area contributed by atoms with Gasteiger partial charge in [0.1, 0.15) is 11.4 Å². The van der Waals surface area contributed by atoms with Crippen LogP contribution in [0.3, 0.4) is 0 Å². The summed E-state index contributed by atoms with van der Waals surface area (Å²) in [7, 11) is 0. The van der Waals surface area contributed by atoms with E-state index in [0.29, 0.717) is 6.42 Å². The summed E-state index contributed by atoms with van der Waals surface area (Å²) in [4.78, 5) is 23.8. The maximum atomic E-state index is 13.5. The molecular weight excluding hydrogens is 273 g/mol. The fraction of sp³-hybridized carbons (Fsp3) is 0.500. The van der Waals surface area contributed by atoms with Gasteiger partial charge in [0, 0.05) is 12.5 Å².